The fraction of sp³-hybridized carbons (Fsp3) is 0.765. The van der Waals surface area contributed by atoms with Gasteiger partial charge in [-0.15, -0.1) is 0 Å². The number of hydrogen-bond acceptors (Lipinski definition) is 3. The molecule has 0 aromatic heterocycles. The molecule has 0 unspecified atom stereocenters. The molecule has 3 heterocycles. The van der Waals surface area contributed by atoms with E-state index >= 15 is 0 Å². The highest BCUT2D eigenvalue weighted by molar-refractivity contribution is 5.90. The molecule has 0 radical (unpaired) electrons. The minimum Gasteiger partial charge on any atom is -0.454 e. The molecular formula is C17H25NO3. The van der Waals surface area contributed by atoms with Crippen molar-refractivity contribution in [2.24, 2.45) is 11.8 Å². The molecule has 0 bridgehead atoms. The molecule has 4 atom stereocenters. The van der Waals surface area contributed by atoms with E-state index in [4.69, 9.17) is 4.74 Å². The maximum Gasteiger partial charge on any atom is 0.334 e. The number of esters is 1. The summed E-state index contributed by atoms with van der Waals surface area (Å²) in [5.74, 6) is 0.940. The van der Waals surface area contributed by atoms with Gasteiger partial charge in [-0.25, -0.2) is 4.79 Å². The van der Waals surface area contributed by atoms with E-state index < -0.39 is 0 Å². The normalized spacial score (nSPS) is 34.3. The summed E-state index contributed by atoms with van der Waals surface area (Å²) >= 11 is 0. The zero-order valence-electron chi connectivity index (χ0n) is 13.0. The molecule has 2 fully saturated rings. The fourth-order valence-corrected chi connectivity index (χ4v) is 4.40. The van der Waals surface area contributed by atoms with Crippen LogP contribution >= 0.6 is 0 Å². The molecule has 2 saturated heterocycles. The van der Waals surface area contributed by atoms with E-state index in [0.717, 1.165) is 37.8 Å². The summed E-state index contributed by atoms with van der Waals surface area (Å²) in [5, 5.41) is 0. The topological polar surface area (TPSA) is 46.6 Å². The van der Waals surface area contributed by atoms with Gasteiger partial charge in [-0.05, 0) is 44.6 Å². The lowest BCUT2D eigenvalue weighted by Crippen LogP contribution is -2.42. The minimum atomic E-state index is -0.175. The maximum atomic E-state index is 12.1. The number of ether oxygens (including phenoxy) is 1. The van der Waals surface area contributed by atoms with Crippen molar-refractivity contribution in [2.75, 3.05) is 6.54 Å². The van der Waals surface area contributed by atoms with E-state index in [0.29, 0.717) is 30.2 Å². The third-order valence-electron chi connectivity index (χ3n) is 5.48. The highest BCUT2D eigenvalue weighted by Gasteiger charge is 2.43. The van der Waals surface area contributed by atoms with Crippen LogP contribution in [0.3, 0.4) is 0 Å². The summed E-state index contributed by atoms with van der Waals surface area (Å²) in [7, 11) is 0. The van der Waals surface area contributed by atoms with Crippen molar-refractivity contribution in [3.63, 3.8) is 0 Å². The number of carbonyl (C=O) groups excluding carboxylic acids is 2. The van der Waals surface area contributed by atoms with Crippen molar-refractivity contribution in [1.29, 1.82) is 0 Å². The van der Waals surface area contributed by atoms with Crippen molar-refractivity contribution in [3.8, 4) is 0 Å². The predicted octanol–water partition coefficient (Wildman–Crippen LogP) is 2.68. The Morgan fingerprint density at radius 1 is 1.33 bits per heavy atom. The quantitative estimate of drug-likeness (QED) is 0.751. The number of hydrogen-bond donors (Lipinski definition) is 0. The summed E-state index contributed by atoms with van der Waals surface area (Å²) in [6.45, 7) is 4.91. The molecule has 3 aliphatic heterocycles. The first kappa shape index (κ1) is 14.6. The number of carbonyl (C=O) groups is 2. The highest BCUT2D eigenvalue weighted by Crippen LogP contribution is 2.40. The monoisotopic (exact) mass is 291 g/mol. The lowest BCUT2D eigenvalue weighted by molar-refractivity contribution is -0.143. The Labute approximate surface area is 126 Å². The Morgan fingerprint density at radius 2 is 2.14 bits per heavy atom. The summed E-state index contributed by atoms with van der Waals surface area (Å²) in [4.78, 5) is 25.9. The van der Waals surface area contributed by atoms with E-state index in [1.54, 1.807) is 0 Å². The SMILES string of the molecule is CC[C@@H]([C@H]1CCCCN2C(=O)CC[C@@H]12)[C@@H]1C=C(C)C(=O)O1. The summed E-state index contributed by atoms with van der Waals surface area (Å²) in [6.07, 6.45) is 7.98. The van der Waals surface area contributed by atoms with Crippen LogP contribution in [0.25, 0.3) is 0 Å². The number of amides is 1. The number of rotatable bonds is 3. The Morgan fingerprint density at radius 3 is 2.81 bits per heavy atom. The first-order chi connectivity index (χ1) is 10.1. The largest absolute Gasteiger partial charge is 0.454 e. The fourth-order valence-electron chi connectivity index (χ4n) is 4.40. The highest BCUT2D eigenvalue weighted by atomic mass is 16.5. The number of nitrogens with zero attached hydrogens (tertiary/aromatic N) is 1. The average Bonchev–Trinajstić information content (AvgIpc) is 2.90. The summed E-state index contributed by atoms with van der Waals surface area (Å²) in [6, 6.07) is 0.359. The van der Waals surface area contributed by atoms with Gasteiger partial charge in [-0.2, -0.15) is 0 Å². The van der Waals surface area contributed by atoms with Crippen LogP contribution in [0.2, 0.25) is 0 Å². The van der Waals surface area contributed by atoms with Gasteiger partial charge in [0.15, 0.2) is 0 Å². The molecular weight excluding hydrogens is 266 g/mol. The van der Waals surface area contributed by atoms with Gasteiger partial charge in [-0.3, -0.25) is 4.79 Å². The van der Waals surface area contributed by atoms with E-state index in [9.17, 15) is 9.59 Å². The smallest absolute Gasteiger partial charge is 0.334 e. The van der Waals surface area contributed by atoms with Gasteiger partial charge in [0.05, 0.1) is 0 Å². The molecule has 3 aliphatic rings. The van der Waals surface area contributed by atoms with Crippen molar-refractivity contribution < 1.29 is 14.3 Å². The van der Waals surface area contributed by atoms with Gasteiger partial charge in [0.2, 0.25) is 5.91 Å². The third kappa shape index (κ3) is 2.60. The van der Waals surface area contributed by atoms with Gasteiger partial charge in [0.25, 0.3) is 0 Å². The van der Waals surface area contributed by atoms with Crippen LogP contribution in [0.5, 0.6) is 0 Å². The molecule has 1 amide bonds. The van der Waals surface area contributed by atoms with Crippen molar-refractivity contribution >= 4 is 11.9 Å². The van der Waals surface area contributed by atoms with Crippen molar-refractivity contribution in [2.45, 2.75) is 64.5 Å². The molecule has 4 heteroatoms. The predicted molar refractivity (Wildman–Crippen MR) is 79.5 cm³/mol. The van der Waals surface area contributed by atoms with Gasteiger partial charge in [-0.1, -0.05) is 13.3 Å². The molecule has 0 N–H and O–H groups in total. The van der Waals surface area contributed by atoms with Crippen LogP contribution < -0.4 is 0 Å². The van der Waals surface area contributed by atoms with E-state index in [2.05, 4.69) is 11.8 Å². The van der Waals surface area contributed by atoms with Crippen LogP contribution in [0, 0.1) is 11.8 Å². The van der Waals surface area contributed by atoms with E-state index in [1.807, 2.05) is 13.0 Å². The van der Waals surface area contributed by atoms with Crippen LogP contribution in [-0.4, -0.2) is 35.5 Å². The summed E-state index contributed by atoms with van der Waals surface area (Å²) in [5.41, 5.74) is 0.728. The third-order valence-corrected chi connectivity index (χ3v) is 5.48. The van der Waals surface area contributed by atoms with Crippen LogP contribution in [-0.2, 0) is 14.3 Å². The molecule has 116 valence electrons. The molecule has 0 saturated carbocycles. The van der Waals surface area contributed by atoms with Gasteiger partial charge >= 0.3 is 5.97 Å². The molecule has 0 aliphatic carbocycles. The standard InChI is InChI=1S/C17H25NO3/c1-3-12(15-10-11(2)17(20)21-15)13-6-4-5-9-18-14(13)7-8-16(18)19/h10,12-15H,3-9H2,1-2H3/t12-,13+,14-,15-/m0/s1. The molecule has 0 aromatic carbocycles. The molecule has 3 rings (SSSR count). The van der Waals surface area contributed by atoms with Gasteiger partial charge < -0.3 is 9.64 Å². The van der Waals surface area contributed by atoms with Crippen molar-refractivity contribution in [3.05, 3.63) is 11.6 Å². The van der Waals surface area contributed by atoms with Crippen LogP contribution in [0.4, 0.5) is 0 Å². The minimum absolute atomic E-state index is 0.0943. The van der Waals surface area contributed by atoms with E-state index in [1.165, 1.54) is 6.42 Å². The molecule has 0 aromatic rings. The lowest BCUT2D eigenvalue weighted by Gasteiger charge is -2.36. The lowest BCUT2D eigenvalue weighted by atomic mass is 9.77. The molecule has 4 nitrogen and oxygen atoms in total. The van der Waals surface area contributed by atoms with E-state index in [-0.39, 0.29) is 12.1 Å². The Hall–Kier alpha value is -1.32. The Kier molecular flexibility index (Phi) is 4.05. The Bertz CT molecular complexity index is 471. The first-order valence-electron chi connectivity index (χ1n) is 8.30. The zero-order valence-corrected chi connectivity index (χ0v) is 13.0. The Balaban J connectivity index is 1.82. The number of cyclic esters (lactones) is 1. The molecule has 0 spiro atoms. The zero-order chi connectivity index (χ0) is 15.0. The second kappa shape index (κ2) is 5.82. The van der Waals surface area contributed by atoms with Gasteiger partial charge in [0, 0.05) is 30.5 Å². The van der Waals surface area contributed by atoms with Gasteiger partial charge in [0.1, 0.15) is 6.10 Å². The second-order valence-corrected chi connectivity index (χ2v) is 6.64. The maximum absolute atomic E-state index is 12.1. The summed E-state index contributed by atoms with van der Waals surface area (Å²) < 4.78 is 5.56. The average molecular weight is 291 g/mol. The molecule has 21 heavy (non-hydrogen) atoms. The van der Waals surface area contributed by atoms with Crippen LogP contribution in [0.1, 0.15) is 52.4 Å². The number of fused-ring (bicyclic) bond motifs is 1. The van der Waals surface area contributed by atoms with Crippen LogP contribution in [0.15, 0.2) is 11.6 Å². The second-order valence-electron chi connectivity index (χ2n) is 6.64. The van der Waals surface area contributed by atoms with Crippen molar-refractivity contribution in [1.82, 2.24) is 4.90 Å². The first-order valence-corrected chi connectivity index (χ1v) is 8.30.